The van der Waals surface area contributed by atoms with E-state index >= 15 is 0 Å². The summed E-state index contributed by atoms with van der Waals surface area (Å²) in [4.78, 5) is 28.4. The number of ether oxygens (including phenoxy) is 1. The molecular formula is C28H35N5O3S. The van der Waals surface area contributed by atoms with E-state index in [2.05, 4.69) is 56.1 Å². The first-order valence-electron chi connectivity index (χ1n) is 13.2. The van der Waals surface area contributed by atoms with Crippen LogP contribution >= 0.6 is 11.8 Å². The van der Waals surface area contributed by atoms with Gasteiger partial charge in [0.05, 0.1) is 29.4 Å². The van der Waals surface area contributed by atoms with Crippen molar-refractivity contribution in [3.63, 3.8) is 0 Å². The molecule has 0 spiro atoms. The van der Waals surface area contributed by atoms with Crippen LogP contribution in [-0.4, -0.2) is 71.6 Å². The van der Waals surface area contributed by atoms with E-state index in [0.717, 1.165) is 80.9 Å². The van der Waals surface area contributed by atoms with E-state index in [1.165, 1.54) is 11.8 Å². The van der Waals surface area contributed by atoms with Crippen LogP contribution in [0.1, 0.15) is 54.2 Å². The number of rotatable bonds is 9. The topological polar surface area (TPSA) is 99.3 Å². The van der Waals surface area contributed by atoms with Crippen molar-refractivity contribution in [3.05, 3.63) is 65.4 Å². The summed E-state index contributed by atoms with van der Waals surface area (Å²) in [6, 6.07) is 10.2. The Morgan fingerprint density at radius 3 is 2.78 bits per heavy atom. The third-order valence-electron chi connectivity index (χ3n) is 6.98. The molecule has 2 aliphatic heterocycles. The summed E-state index contributed by atoms with van der Waals surface area (Å²) in [7, 11) is 0. The number of hydrogen-bond acceptors (Lipinski definition) is 6. The number of thioether (sulfide) groups is 1. The molecule has 2 amide bonds. The molecule has 0 radical (unpaired) electrons. The second-order valence-electron chi connectivity index (χ2n) is 9.62. The summed E-state index contributed by atoms with van der Waals surface area (Å²) in [5.74, 6) is 0.274. The minimum absolute atomic E-state index is 0.0925. The predicted octanol–water partition coefficient (Wildman–Crippen LogP) is 3.91. The number of carbonyl (C=O) groups excluding carboxylic acids is 2. The van der Waals surface area contributed by atoms with Crippen LogP contribution in [-0.2, 0) is 14.3 Å². The minimum Gasteiger partial charge on any atom is -0.379 e. The molecule has 0 bridgehead atoms. The van der Waals surface area contributed by atoms with Crippen LogP contribution in [0.15, 0.2) is 48.6 Å². The van der Waals surface area contributed by atoms with E-state index in [1.54, 1.807) is 0 Å². The van der Waals surface area contributed by atoms with E-state index in [-0.39, 0.29) is 23.5 Å². The van der Waals surface area contributed by atoms with Gasteiger partial charge in [-0.15, -0.1) is 11.8 Å². The molecule has 1 fully saturated rings. The first-order valence-corrected chi connectivity index (χ1v) is 14.2. The molecule has 3 aliphatic rings. The van der Waals surface area contributed by atoms with Crippen LogP contribution in [0.5, 0.6) is 0 Å². The fourth-order valence-electron chi connectivity index (χ4n) is 4.98. The highest BCUT2D eigenvalue weighted by Gasteiger charge is 2.36. The van der Waals surface area contributed by atoms with Crippen LogP contribution in [0.4, 0.5) is 5.82 Å². The lowest BCUT2D eigenvalue weighted by Crippen LogP contribution is -2.37. The third-order valence-corrected chi connectivity index (χ3v) is 8.47. The molecule has 3 N–H and O–H groups in total. The highest BCUT2D eigenvalue weighted by Crippen LogP contribution is 2.47. The first-order chi connectivity index (χ1) is 18.2. The fraction of sp³-hybridized carbons (Fsp3) is 0.464. The normalized spacial score (nSPS) is 22.1. The summed E-state index contributed by atoms with van der Waals surface area (Å²) in [5, 5.41) is 13.0. The van der Waals surface area contributed by atoms with Gasteiger partial charge in [0.1, 0.15) is 0 Å². The van der Waals surface area contributed by atoms with E-state index in [9.17, 15) is 9.59 Å². The summed E-state index contributed by atoms with van der Waals surface area (Å²) in [6.07, 6.45) is 10.6. The molecule has 1 aromatic carbocycles. The molecule has 9 heteroatoms. The summed E-state index contributed by atoms with van der Waals surface area (Å²) in [5.41, 5.74) is 4.07. The molecule has 0 saturated carbocycles. The number of aromatic nitrogens is 2. The Bertz CT molecular complexity index is 1140. The van der Waals surface area contributed by atoms with Crippen molar-refractivity contribution >= 4 is 35.0 Å². The van der Waals surface area contributed by atoms with Crippen molar-refractivity contribution in [2.45, 2.75) is 42.6 Å². The molecule has 1 aromatic heterocycles. The molecule has 5 rings (SSSR count). The monoisotopic (exact) mass is 521 g/mol. The number of aromatic amines is 1. The Kier molecular flexibility index (Phi) is 8.76. The van der Waals surface area contributed by atoms with Crippen LogP contribution in [0.25, 0.3) is 5.57 Å². The van der Waals surface area contributed by atoms with Gasteiger partial charge in [0.2, 0.25) is 11.8 Å². The standard InChI is InChI=1S/C28H35N5O3S/c34-23(29-13-7-8-14-33-15-17-36-18-16-33)19-22-28(35)30-27-24(26(37-22)21-11-5-2-6-12-21)25(31-32-27)20-9-3-1-4-10-20/h2-3,5-6,9-12,22,26H,1,4,7-8,13-19H2,(H,29,34)(H2,30,31,32,35). The molecule has 8 nitrogen and oxygen atoms in total. The number of H-pyrrole nitrogens is 1. The number of hydrogen-bond donors (Lipinski definition) is 3. The zero-order valence-electron chi connectivity index (χ0n) is 21.1. The number of unbranched alkanes of at least 4 members (excludes halogenated alkanes) is 1. The van der Waals surface area contributed by atoms with E-state index in [1.807, 2.05) is 18.2 Å². The first kappa shape index (κ1) is 25.8. The Balaban J connectivity index is 1.24. The number of benzene rings is 1. The molecule has 3 heterocycles. The minimum atomic E-state index is -0.517. The molecule has 2 atom stereocenters. The summed E-state index contributed by atoms with van der Waals surface area (Å²) in [6.45, 7) is 5.22. The number of fused-ring (bicyclic) bond motifs is 1. The predicted molar refractivity (Wildman–Crippen MR) is 147 cm³/mol. The Hall–Kier alpha value is -2.88. The number of nitrogens with one attached hydrogen (secondary N) is 3. The second-order valence-corrected chi connectivity index (χ2v) is 10.9. The largest absolute Gasteiger partial charge is 0.379 e. The lowest BCUT2D eigenvalue weighted by Gasteiger charge is -2.26. The van der Waals surface area contributed by atoms with Crippen LogP contribution in [0.2, 0.25) is 0 Å². The van der Waals surface area contributed by atoms with Gasteiger partial charge in [0.15, 0.2) is 5.82 Å². The van der Waals surface area contributed by atoms with Crippen molar-refractivity contribution in [1.82, 2.24) is 20.4 Å². The molecule has 196 valence electrons. The number of morpholine rings is 1. The quantitative estimate of drug-likeness (QED) is 0.433. The molecule has 2 aromatic rings. The van der Waals surface area contributed by atoms with E-state index in [4.69, 9.17) is 4.74 Å². The molecule has 1 saturated heterocycles. The zero-order chi connectivity index (χ0) is 25.5. The lowest BCUT2D eigenvalue weighted by atomic mass is 9.97. The number of nitrogens with zero attached hydrogens (tertiary/aromatic N) is 2. The number of amides is 2. The highest BCUT2D eigenvalue weighted by atomic mass is 32.2. The maximum Gasteiger partial charge on any atom is 0.239 e. The average molecular weight is 522 g/mol. The van der Waals surface area contributed by atoms with Crippen molar-refractivity contribution in [1.29, 1.82) is 0 Å². The van der Waals surface area contributed by atoms with Crippen LogP contribution in [0, 0.1) is 0 Å². The van der Waals surface area contributed by atoms with Crippen LogP contribution < -0.4 is 10.6 Å². The molecular weight excluding hydrogens is 486 g/mol. The van der Waals surface area contributed by atoms with Gasteiger partial charge < -0.3 is 15.4 Å². The fourth-order valence-corrected chi connectivity index (χ4v) is 6.42. The van der Waals surface area contributed by atoms with Crippen LogP contribution in [0.3, 0.4) is 0 Å². The SMILES string of the molecule is O=C(CC1SC(c2ccccc2)c2c(n[nH]c2C2=CCCC=C2)NC1=O)NCCCCN1CCOCC1. The van der Waals surface area contributed by atoms with Gasteiger partial charge >= 0.3 is 0 Å². The van der Waals surface area contributed by atoms with Gasteiger partial charge in [-0.3, -0.25) is 19.6 Å². The Labute approximate surface area is 222 Å². The Morgan fingerprint density at radius 1 is 1.16 bits per heavy atom. The highest BCUT2D eigenvalue weighted by molar-refractivity contribution is 8.01. The van der Waals surface area contributed by atoms with Crippen molar-refractivity contribution in [2.24, 2.45) is 0 Å². The van der Waals surface area contributed by atoms with Gasteiger partial charge in [-0.1, -0.05) is 48.6 Å². The van der Waals surface area contributed by atoms with E-state index in [0.29, 0.717) is 12.4 Å². The van der Waals surface area contributed by atoms with Gasteiger partial charge in [-0.05, 0) is 43.4 Å². The maximum atomic E-state index is 13.2. The van der Waals surface area contributed by atoms with Gasteiger partial charge in [0.25, 0.3) is 0 Å². The molecule has 1 aliphatic carbocycles. The van der Waals surface area contributed by atoms with Gasteiger partial charge in [0, 0.05) is 31.6 Å². The maximum absolute atomic E-state index is 13.2. The Morgan fingerprint density at radius 2 is 2.00 bits per heavy atom. The molecule has 37 heavy (non-hydrogen) atoms. The van der Waals surface area contributed by atoms with Gasteiger partial charge in [-0.25, -0.2) is 0 Å². The van der Waals surface area contributed by atoms with E-state index < -0.39 is 5.25 Å². The smallest absolute Gasteiger partial charge is 0.239 e. The number of anilines is 1. The summed E-state index contributed by atoms with van der Waals surface area (Å²) < 4.78 is 5.39. The van der Waals surface area contributed by atoms with Gasteiger partial charge in [-0.2, -0.15) is 5.10 Å². The summed E-state index contributed by atoms with van der Waals surface area (Å²) >= 11 is 1.53. The van der Waals surface area contributed by atoms with Crippen molar-refractivity contribution in [2.75, 3.05) is 44.7 Å². The molecule has 2 unspecified atom stereocenters. The average Bonchev–Trinajstić information content (AvgIpc) is 3.29. The zero-order valence-corrected chi connectivity index (χ0v) is 21.9. The number of carbonyl (C=O) groups is 2. The van der Waals surface area contributed by atoms with Crippen molar-refractivity contribution in [3.8, 4) is 0 Å². The van der Waals surface area contributed by atoms with Crippen molar-refractivity contribution < 1.29 is 14.3 Å². The second kappa shape index (κ2) is 12.6. The lowest BCUT2D eigenvalue weighted by molar-refractivity contribution is -0.124. The number of allylic oxidation sites excluding steroid dienone is 4. The third kappa shape index (κ3) is 6.52.